The van der Waals surface area contributed by atoms with Crippen molar-refractivity contribution < 1.29 is 4.79 Å². The lowest BCUT2D eigenvalue weighted by molar-refractivity contribution is -0.132. The van der Waals surface area contributed by atoms with Crippen molar-refractivity contribution in [3.05, 3.63) is 0 Å². The van der Waals surface area contributed by atoms with Crippen LogP contribution in [0, 0.1) is 0 Å². The third kappa shape index (κ3) is 3.68. The van der Waals surface area contributed by atoms with Crippen molar-refractivity contribution >= 4 is 18.5 Å². The van der Waals surface area contributed by atoms with Gasteiger partial charge in [-0.1, -0.05) is 6.92 Å². The van der Waals surface area contributed by atoms with Gasteiger partial charge >= 0.3 is 0 Å². The maximum atomic E-state index is 11.6. The number of rotatable bonds is 4. The van der Waals surface area contributed by atoms with E-state index < -0.39 is 0 Å². The summed E-state index contributed by atoms with van der Waals surface area (Å²) in [6.45, 7) is 8.28. The summed E-state index contributed by atoms with van der Waals surface area (Å²) in [6.07, 6.45) is 1.76. The highest BCUT2D eigenvalue weighted by atomic mass is 32.1. The lowest BCUT2D eigenvalue weighted by Gasteiger charge is -2.37. The van der Waals surface area contributed by atoms with E-state index in [0.29, 0.717) is 18.2 Å². The van der Waals surface area contributed by atoms with Crippen molar-refractivity contribution in [3.63, 3.8) is 0 Å². The maximum absolute atomic E-state index is 11.6. The maximum Gasteiger partial charge on any atom is 0.223 e. The Kier molecular flexibility index (Phi) is 5.47. The molecule has 0 saturated carbocycles. The molecular formula is C11H22N2OS. The van der Waals surface area contributed by atoms with E-state index in [2.05, 4.69) is 31.4 Å². The molecule has 0 aromatic rings. The summed E-state index contributed by atoms with van der Waals surface area (Å²) in [5.41, 5.74) is 0. The van der Waals surface area contributed by atoms with Crippen molar-refractivity contribution in [2.75, 3.05) is 31.9 Å². The lowest BCUT2D eigenvalue weighted by Crippen LogP contribution is -2.51. The first-order valence-electron chi connectivity index (χ1n) is 5.81. The first-order chi connectivity index (χ1) is 7.19. The van der Waals surface area contributed by atoms with E-state index in [4.69, 9.17) is 0 Å². The summed E-state index contributed by atoms with van der Waals surface area (Å²) < 4.78 is 0. The Morgan fingerprint density at radius 3 is 2.40 bits per heavy atom. The Labute approximate surface area is 98.2 Å². The predicted octanol–water partition coefficient (Wildman–Crippen LogP) is 1.25. The molecule has 0 spiro atoms. The van der Waals surface area contributed by atoms with Crippen LogP contribution in [0.1, 0.15) is 26.7 Å². The van der Waals surface area contributed by atoms with Gasteiger partial charge in [0.15, 0.2) is 0 Å². The number of hydrogen-bond donors (Lipinski definition) is 1. The van der Waals surface area contributed by atoms with Gasteiger partial charge in [-0.3, -0.25) is 9.69 Å². The number of carbonyl (C=O) groups is 1. The minimum Gasteiger partial charge on any atom is -0.340 e. The molecule has 0 radical (unpaired) electrons. The fraction of sp³-hybridized carbons (Fsp3) is 0.909. The number of piperazine rings is 1. The average Bonchev–Trinajstić information content (AvgIpc) is 2.28. The van der Waals surface area contributed by atoms with Crippen LogP contribution in [-0.2, 0) is 4.79 Å². The smallest absolute Gasteiger partial charge is 0.223 e. The number of amides is 1. The quantitative estimate of drug-likeness (QED) is 0.735. The molecule has 1 amide bonds. The van der Waals surface area contributed by atoms with E-state index in [1.165, 1.54) is 6.42 Å². The molecule has 0 bridgehead atoms. The molecule has 1 atom stereocenters. The number of nitrogens with zero attached hydrogens (tertiary/aromatic N) is 2. The molecule has 1 heterocycles. The Morgan fingerprint density at radius 1 is 1.33 bits per heavy atom. The monoisotopic (exact) mass is 230 g/mol. The Bertz CT molecular complexity index is 203. The molecule has 3 nitrogen and oxygen atoms in total. The molecule has 0 N–H and O–H groups in total. The highest BCUT2D eigenvalue weighted by Gasteiger charge is 2.22. The lowest BCUT2D eigenvalue weighted by atomic mass is 10.2. The van der Waals surface area contributed by atoms with Crippen molar-refractivity contribution in [2.24, 2.45) is 0 Å². The molecule has 1 aliphatic heterocycles. The molecule has 15 heavy (non-hydrogen) atoms. The molecule has 88 valence electrons. The van der Waals surface area contributed by atoms with Gasteiger partial charge in [-0.05, 0) is 19.1 Å². The Hall–Kier alpha value is -0.220. The highest BCUT2D eigenvalue weighted by Crippen LogP contribution is 2.09. The van der Waals surface area contributed by atoms with Gasteiger partial charge in [0, 0.05) is 38.6 Å². The van der Waals surface area contributed by atoms with Crippen molar-refractivity contribution in [3.8, 4) is 0 Å². The molecule has 0 aliphatic carbocycles. The van der Waals surface area contributed by atoms with Gasteiger partial charge in [0.25, 0.3) is 0 Å². The molecule has 4 heteroatoms. The van der Waals surface area contributed by atoms with E-state index in [9.17, 15) is 4.79 Å². The Morgan fingerprint density at radius 2 is 1.93 bits per heavy atom. The molecule has 1 fully saturated rings. The van der Waals surface area contributed by atoms with Crippen LogP contribution in [0.3, 0.4) is 0 Å². The van der Waals surface area contributed by atoms with E-state index in [0.717, 1.165) is 26.2 Å². The van der Waals surface area contributed by atoms with Crippen molar-refractivity contribution in [2.45, 2.75) is 32.7 Å². The highest BCUT2D eigenvalue weighted by molar-refractivity contribution is 7.80. The second-order valence-electron chi connectivity index (χ2n) is 4.15. The van der Waals surface area contributed by atoms with Crippen molar-refractivity contribution in [1.29, 1.82) is 0 Å². The van der Waals surface area contributed by atoms with Gasteiger partial charge < -0.3 is 4.90 Å². The topological polar surface area (TPSA) is 23.6 Å². The zero-order valence-electron chi connectivity index (χ0n) is 9.78. The standard InChI is InChI=1S/C11H22N2OS/c1-3-10(2)12-5-7-13(8-6-12)11(14)4-9-15/h10,15H,3-9H2,1-2H3. The third-order valence-corrected chi connectivity index (χ3v) is 3.43. The summed E-state index contributed by atoms with van der Waals surface area (Å²) >= 11 is 4.09. The number of carbonyl (C=O) groups excluding carboxylic acids is 1. The van der Waals surface area contributed by atoms with Crippen LogP contribution in [0.25, 0.3) is 0 Å². The van der Waals surface area contributed by atoms with Gasteiger partial charge in [0.2, 0.25) is 5.91 Å². The summed E-state index contributed by atoms with van der Waals surface area (Å²) in [5, 5.41) is 0. The SMILES string of the molecule is CCC(C)N1CCN(C(=O)CCS)CC1. The van der Waals surface area contributed by atoms with Crippen molar-refractivity contribution in [1.82, 2.24) is 9.80 Å². The second kappa shape index (κ2) is 6.38. The molecular weight excluding hydrogens is 208 g/mol. The van der Waals surface area contributed by atoms with Crippen LogP contribution in [0.15, 0.2) is 0 Å². The average molecular weight is 230 g/mol. The molecule has 0 aromatic heterocycles. The van der Waals surface area contributed by atoms with Crippen LogP contribution < -0.4 is 0 Å². The number of hydrogen-bond acceptors (Lipinski definition) is 3. The van der Waals surface area contributed by atoms with Gasteiger partial charge in [0.05, 0.1) is 0 Å². The second-order valence-corrected chi connectivity index (χ2v) is 4.59. The number of thiol groups is 1. The molecule has 1 aliphatic rings. The zero-order valence-corrected chi connectivity index (χ0v) is 10.7. The minimum absolute atomic E-state index is 0.258. The van der Waals surface area contributed by atoms with Crippen LogP contribution in [0.4, 0.5) is 0 Å². The van der Waals surface area contributed by atoms with Gasteiger partial charge in [-0.2, -0.15) is 12.6 Å². The van der Waals surface area contributed by atoms with Crippen LogP contribution in [0.2, 0.25) is 0 Å². The molecule has 1 unspecified atom stereocenters. The largest absolute Gasteiger partial charge is 0.340 e. The van der Waals surface area contributed by atoms with E-state index in [-0.39, 0.29) is 5.91 Å². The molecule has 1 rings (SSSR count). The Balaban J connectivity index is 2.32. The molecule has 0 aromatic carbocycles. The third-order valence-electron chi connectivity index (χ3n) is 3.21. The first kappa shape index (κ1) is 12.8. The predicted molar refractivity (Wildman–Crippen MR) is 66.4 cm³/mol. The zero-order chi connectivity index (χ0) is 11.3. The summed E-state index contributed by atoms with van der Waals surface area (Å²) in [5.74, 6) is 0.915. The van der Waals surface area contributed by atoms with Gasteiger partial charge in [0.1, 0.15) is 0 Å². The van der Waals surface area contributed by atoms with Crippen LogP contribution in [0.5, 0.6) is 0 Å². The summed E-state index contributed by atoms with van der Waals surface area (Å²) in [7, 11) is 0. The van der Waals surface area contributed by atoms with Gasteiger partial charge in [-0.15, -0.1) is 0 Å². The van der Waals surface area contributed by atoms with E-state index in [1.807, 2.05) is 4.90 Å². The summed E-state index contributed by atoms with van der Waals surface area (Å²) in [4.78, 5) is 16.0. The van der Waals surface area contributed by atoms with E-state index >= 15 is 0 Å². The minimum atomic E-state index is 0.258. The fourth-order valence-electron chi connectivity index (χ4n) is 1.92. The normalized spacial score (nSPS) is 20.3. The van der Waals surface area contributed by atoms with E-state index in [1.54, 1.807) is 0 Å². The summed E-state index contributed by atoms with van der Waals surface area (Å²) in [6, 6.07) is 0.645. The molecule has 1 saturated heterocycles. The first-order valence-corrected chi connectivity index (χ1v) is 6.45. The van der Waals surface area contributed by atoms with Crippen LogP contribution in [-0.4, -0.2) is 53.7 Å². The van der Waals surface area contributed by atoms with Gasteiger partial charge in [-0.25, -0.2) is 0 Å². The fourth-order valence-corrected chi connectivity index (χ4v) is 2.12. The van der Waals surface area contributed by atoms with Crippen LogP contribution >= 0.6 is 12.6 Å².